The van der Waals surface area contributed by atoms with E-state index in [9.17, 15) is 4.79 Å². The molecular weight excluding hydrogens is 166 g/mol. The number of rotatable bonds is 5. The quantitative estimate of drug-likeness (QED) is 0.626. The molecule has 1 unspecified atom stereocenters. The van der Waals surface area contributed by atoms with Gasteiger partial charge in [-0.1, -0.05) is 6.92 Å². The Labute approximate surface area is 80.5 Å². The van der Waals surface area contributed by atoms with Crippen LogP contribution in [-0.4, -0.2) is 43.5 Å². The Morgan fingerprint density at radius 2 is 2.08 bits per heavy atom. The smallest absolute Gasteiger partial charge is 0.237 e. The normalized spacial score (nSPS) is 15.5. The first-order chi connectivity index (χ1) is 5.97. The number of nitrogens with two attached hydrogens (primary N) is 1. The van der Waals surface area contributed by atoms with Gasteiger partial charge in [-0.25, -0.2) is 0 Å². The Kier molecular flexibility index (Phi) is 5.66. The second-order valence-corrected chi connectivity index (χ2v) is 3.69. The Bertz CT molecular complexity index is 159. The molecule has 0 aromatic carbocycles. The standard InChI is InChI=1S/C9H21N3O/c1-5-8(10)9(13)11-7(2)6-12(3)4/h7-8H,5-6,10H2,1-4H3,(H,11,13)/t7?,8-/m1/s1. The fourth-order valence-corrected chi connectivity index (χ4v) is 1.13. The predicted molar refractivity (Wildman–Crippen MR) is 54.4 cm³/mol. The van der Waals surface area contributed by atoms with Gasteiger partial charge in [-0.15, -0.1) is 0 Å². The van der Waals surface area contributed by atoms with Crippen LogP contribution in [0.3, 0.4) is 0 Å². The minimum absolute atomic E-state index is 0.0585. The zero-order valence-corrected chi connectivity index (χ0v) is 9.00. The highest BCUT2D eigenvalue weighted by Gasteiger charge is 2.13. The fourth-order valence-electron chi connectivity index (χ4n) is 1.13. The van der Waals surface area contributed by atoms with Gasteiger partial charge in [-0.05, 0) is 27.4 Å². The van der Waals surface area contributed by atoms with Crippen molar-refractivity contribution in [3.8, 4) is 0 Å². The minimum Gasteiger partial charge on any atom is -0.351 e. The van der Waals surface area contributed by atoms with Crippen LogP contribution in [0.5, 0.6) is 0 Å². The van der Waals surface area contributed by atoms with Gasteiger partial charge < -0.3 is 16.0 Å². The molecule has 2 atom stereocenters. The molecule has 0 aromatic rings. The number of nitrogens with zero attached hydrogens (tertiary/aromatic N) is 1. The molecule has 0 heterocycles. The lowest BCUT2D eigenvalue weighted by Gasteiger charge is -2.19. The lowest BCUT2D eigenvalue weighted by molar-refractivity contribution is -0.123. The molecule has 13 heavy (non-hydrogen) atoms. The van der Waals surface area contributed by atoms with Crippen molar-refractivity contribution in [1.29, 1.82) is 0 Å². The van der Waals surface area contributed by atoms with E-state index in [-0.39, 0.29) is 18.0 Å². The van der Waals surface area contributed by atoms with E-state index in [1.165, 1.54) is 0 Å². The number of carbonyl (C=O) groups excluding carboxylic acids is 1. The topological polar surface area (TPSA) is 58.4 Å². The van der Waals surface area contributed by atoms with Crippen LogP contribution >= 0.6 is 0 Å². The molecule has 3 N–H and O–H groups in total. The summed E-state index contributed by atoms with van der Waals surface area (Å²) in [4.78, 5) is 13.3. The predicted octanol–water partition coefficient (Wildman–Crippen LogP) is -0.210. The molecule has 4 heteroatoms. The molecule has 78 valence electrons. The summed E-state index contributed by atoms with van der Waals surface area (Å²) in [6, 6.07) is -0.218. The van der Waals surface area contributed by atoms with Crippen LogP contribution in [0.25, 0.3) is 0 Å². The number of hydrogen-bond donors (Lipinski definition) is 2. The molecule has 0 aliphatic heterocycles. The largest absolute Gasteiger partial charge is 0.351 e. The van der Waals surface area contributed by atoms with Gasteiger partial charge in [-0.3, -0.25) is 4.79 Å². The second kappa shape index (κ2) is 5.94. The maximum atomic E-state index is 11.3. The third-order valence-corrected chi connectivity index (χ3v) is 1.80. The summed E-state index contributed by atoms with van der Waals surface area (Å²) in [6.45, 7) is 4.71. The van der Waals surface area contributed by atoms with Crippen molar-refractivity contribution >= 4 is 5.91 Å². The van der Waals surface area contributed by atoms with E-state index in [2.05, 4.69) is 5.32 Å². The maximum absolute atomic E-state index is 11.3. The Balaban J connectivity index is 3.77. The molecule has 0 bridgehead atoms. The van der Waals surface area contributed by atoms with Gasteiger partial charge in [0, 0.05) is 12.6 Å². The van der Waals surface area contributed by atoms with Gasteiger partial charge in [0.05, 0.1) is 6.04 Å². The summed E-state index contributed by atoms with van der Waals surface area (Å²) in [7, 11) is 3.95. The van der Waals surface area contributed by atoms with Crippen LogP contribution in [0.2, 0.25) is 0 Å². The molecule has 0 aliphatic rings. The zero-order valence-electron chi connectivity index (χ0n) is 9.00. The highest BCUT2D eigenvalue weighted by atomic mass is 16.2. The van der Waals surface area contributed by atoms with Crippen LogP contribution in [0.4, 0.5) is 0 Å². The van der Waals surface area contributed by atoms with Crippen molar-refractivity contribution in [3.63, 3.8) is 0 Å². The zero-order chi connectivity index (χ0) is 10.4. The molecule has 0 saturated carbocycles. The average Bonchev–Trinajstić information content (AvgIpc) is 2.01. The Hall–Kier alpha value is -0.610. The van der Waals surface area contributed by atoms with Crippen molar-refractivity contribution in [3.05, 3.63) is 0 Å². The molecule has 1 amide bonds. The first-order valence-corrected chi connectivity index (χ1v) is 4.68. The Morgan fingerprint density at radius 3 is 2.46 bits per heavy atom. The summed E-state index contributed by atoms with van der Waals surface area (Å²) >= 11 is 0. The summed E-state index contributed by atoms with van der Waals surface area (Å²) < 4.78 is 0. The molecule has 0 saturated heterocycles. The third kappa shape index (κ3) is 5.60. The van der Waals surface area contributed by atoms with E-state index in [1.807, 2.05) is 32.8 Å². The van der Waals surface area contributed by atoms with Gasteiger partial charge in [0.25, 0.3) is 0 Å². The molecule has 0 radical (unpaired) electrons. The molecule has 0 aliphatic carbocycles. The lowest BCUT2D eigenvalue weighted by Crippen LogP contribution is -2.47. The number of nitrogens with one attached hydrogen (secondary N) is 1. The van der Waals surface area contributed by atoms with Crippen molar-refractivity contribution in [2.45, 2.75) is 32.4 Å². The van der Waals surface area contributed by atoms with Gasteiger partial charge >= 0.3 is 0 Å². The average molecular weight is 187 g/mol. The number of likely N-dealkylation sites (N-methyl/N-ethyl adjacent to an activating group) is 1. The van der Waals surface area contributed by atoms with Crippen molar-refractivity contribution in [2.24, 2.45) is 5.73 Å². The van der Waals surface area contributed by atoms with E-state index in [4.69, 9.17) is 5.73 Å². The SMILES string of the molecule is CC[C@@H](N)C(=O)NC(C)CN(C)C. The van der Waals surface area contributed by atoms with E-state index < -0.39 is 0 Å². The van der Waals surface area contributed by atoms with E-state index in [1.54, 1.807) is 0 Å². The number of hydrogen-bond acceptors (Lipinski definition) is 3. The van der Waals surface area contributed by atoms with Crippen LogP contribution < -0.4 is 11.1 Å². The highest BCUT2D eigenvalue weighted by Crippen LogP contribution is 1.89. The summed E-state index contributed by atoms with van der Waals surface area (Å²) in [6.07, 6.45) is 0.681. The van der Waals surface area contributed by atoms with Crippen LogP contribution in [0.15, 0.2) is 0 Å². The molecule has 0 rings (SSSR count). The van der Waals surface area contributed by atoms with Crippen LogP contribution in [0, 0.1) is 0 Å². The van der Waals surface area contributed by atoms with Gasteiger partial charge in [-0.2, -0.15) is 0 Å². The monoisotopic (exact) mass is 187 g/mol. The molecule has 4 nitrogen and oxygen atoms in total. The minimum atomic E-state index is -0.371. The molecule has 0 spiro atoms. The Morgan fingerprint density at radius 1 is 1.54 bits per heavy atom. The van der Waals surface area contributed by atoms with E-state index in [0.717, 1.165) is 6.54 Å². The molecule has 0 aromatic heterocycles. The highest BCUT2D eigenvalue weighted by molar-refractivity contribution is 5.81. The van der Waals surface area contributed by atoms with Crippen molar-refractivity contribution in [2.75, 3.05) is 20.6 Å². The van der Waals surface area contributed by atoms with Crippen molar-refractivity contribution in [1.82, 2.24) is 10.2 Å². The summed E-state index contributed by atoms with van der Waals surface area (Å²) in [5.41, 5.74) is 5.57. The lowest BCUT2D eigenvalue weighted by atomic mass is 10.2. The summed E-state index contributed by atoms with van der Waals surface area (Å²) in [5.74, 6) is -0.0585. The van der Waals surface area contributed by atoms with E-state index in [0.29, 0.717) is 6.42 Å². The maximum Gasteiger partial charge on any atom is 0.237 e. The molecular formula is C9H21N3O. The molecule has 0 fully saturated rings. The van der Waals surface area contributed by atoms with Crippen LogP contribution in [-0.2, 0) is 4.79 Å². The van der Waals surface area contributed by atoms with Gasteiger partial charge in [0.2, 0.25) is 5.91 Å². The van der Waals surface area contributed by atoms with Crippen molar-refractivity contribution < 1.29 is 4.79 Å². The van der Waals surface area contributed by atoms with Gasteiger partial charge in [0.1, 0.15) is 0 Å². The first kappa shape index (κ1) is 12.4. The third-order valence-electron chi connectivity index (χ3n) is 1.80. The van der Waals surface area contributed by atoms with E-state index >= 15 is 0 Å². The van der Waals surface area contributed by atoms with Gasteiger partial charge in [0.15, 0.2) is 0 Å². The number of amides is 1. The fraction of sp³-hybridized carbons (Fsp3) is 0.889. The second-order valence-electron chi connectivity index (χ2n) is 3.69. The first-order valence-electron chi connectivity index (χ1n) is 4.68. The van der Waals surface area contributed by atoms with Crippen LogP contribution in [0.1, 0.15) is 20.3 Å². The number of carbonyl (C=O) groups is 1. The summed E-state index contributed by atoms with van der Waals surface area (Å²) in [5, 5.41) is 2.86.